The van der Waals surface area contributed by atoms with E-state index in [-0.39, 0.29) is 31.1 Å². The van der Waals surface area contributed by atoms with Crippen LogP contribution >= 0.6 is 11.5 Å². The van der Waals surface area contributed by atoms with Gasteiger partial charge in [-0.15, -0.1) is 0 Å². The van der Waals surface area contributed by atoms with Crippen LogP contribution in [0.5, 0.6) is 0 Å². The summed E-state index contributed by atoms with van der Waals surface area (Å²) in [7, 11) is 0. The first-order chi connectivity index (χ1) is 16.3. The fourth-order valence-electron chi connectivity index (χ4n) is 3.86. The zero-order valence-corrected chi connectivity index (χ0v) is 20.4. The molecule has 1 aromatic heterocycles. The van der Waals surface area contributed by atoms with Crippen LogP contribution in [0.15, 0.2) is 36.4 Å². The number of hydrogen-bond donors (Lipinski definition) is 2. The summed E-state index contributed by atoms with van der Waals surface area (Å²) < 4.78 is 9.67. The highest BCUT2D eigenvalue weighted by molar-refractivity contribution is 7.05. The van der Waals surface area contributed by atoms with Crippen LogP contribution in [-0.4, -0.2) is 40.5 Å². The van der Waals surface area contributed by atoms with Gasteiger partial charge in [-0.2, -0.15) is 4.37 Å². The van der Waals surface area contributed by atoms with Crippen molar-refractivity contribution in [1.29, 1.82) is 0 Å². The predicted octanol–water partition coefficient (Wildman–Crippen LogP) is 3.23. The first kappa shape index (κ1) is 25.6. The maximum Gasteiger partial charge on any atom is 0.408 e. The Morgan fingerprint density at radius 3 is 2.71 bits per heavy atom. The number of ketones is 2. The van der Waals surface area contributed by atoms with Gasteiger partial charge in [-0.1, -0.05) is 44.2 Å². The smallest absolute Gasteiger partial charge is 0.408 e. The number of ether oxygens (including phenoxy) is 1. The second-order valence-electron chi connectivity index (χ2n) is 8.86. The quantitative estimate of drug-likeness (QED) is 0.582. The third-order valence-corrected chi connectivity index (χ3v) is 6.62. The molecule has 2 heterocycles. The molecule has 1 aliphatic heterocycles. The summed E-state index contributed by atoms with van der Waals surface area (Å²) in [4.78, 5) is 52.0. The third-order valence-electron chi connectivity index (χ3n) is 5.74. The number of Topliss-reactive ketones (excluding diaryl/α,β-unsaturated/α-hetero) is 2. The number of fused-ring (bicyclic) bond motifs is 2. The molecule has 0 spiro atoms. The summed E-state index contributed by atoms with van der Waals surface area (Å²) in [5, 5.41) is 5.30. The van der Waals surface area contributed by atoms with E-state index in [1.165, 1.54) is 11.5 Å². The molecule has 9 heteroatoms. The molecule has 8 nitrogen and oxygen atoms in total. The monoisotopic (exact) mass is 485 g/mol. The Morgan fingerprint density at radius 2 is 1.97 bits per heavy atom. The molecule has 1 aliphatic rings. The fraction of sp³-hybridized carbons (Fsp3) is 0.480. The largest absolute Gasteiger partial charge is 0.445 e. The van der Waals surface area contributed by atoms with Crippen molar-refractivity contribution < 1.29 is 23.9 Å². The zero-order chi connectivity index (χ0) is 24.5. The van der Waals surface area contributed by atoms with Crippen molar-refractivity contribution >= 4 is 35.1 Å². The Morgan fingerprint density at radius 1 is 1.21 bits per heavy atom. The molecular weight excluding hydrogens is 454 g/mol. The minimum absolute atomic E-state index is 0.0825. The minimum atomic E-state index is -0.842. The summed E-state index contributed by atoms with van der Waals surface area (Å²) in [6, 6.07) is 10.3. The van der Waals surface area contributed by atoms with Crippen molar-refractivity contribution in [3.63, 3.8) is 0 Å². The van der Waals surface area contributed by atoms with Crippen molar-refractivity contribution in [2.75, 3.05) is 6.54 Å². The van der Waals surface area contributed by atoms with Gasteiger partial charge in [0, 0.05) is 30.2 Å². The molecule has 2 atom stereocenters. The van der Waals surface area contributed by atoms with Crippen LogP contribution in [0.25, 0.3) is 0 Å². The van der Waals surface area contributed by atoms with E-state index in [1.54, 1.807) is 0 Å². The van der Waals surface area contributed by atoms with Crippen LogP contribution in [0.3, 0.4) is 0 Å². The second kappa shape index (κ2) is 12.4. The lowest BCUT2D eigenvalue weighted by Gasteiger charge is -2.23. The van der Waals surface area contributed by atoms with Crippen LogP contribution in [0, 0.1) is 11.8 Å². The number of aromatic nitrogens is 1. The average molecular weight is 486 g/mol. The van der Waals surface area contributed by atoms with Gasteiger partial charge in [0.1, 0.15) is 6.61 Å². The van der Waals surface area contributed by atoms with Crippen LogP contribution in [-0.2, 0) is 38.6 Å². The Kier molecular flexibility index (Phi) is 9.33. The van der Waals surface area contributed by atoms with E-state index in [0.29, 0.717) is 12.2 Å². The van der Waals surface area contributed by atoms with Gasteiger partial charge in [-0.25, -0.2) is 4.79 Å². The molecule has 2 amide bonds. The fourth-order valence-corrected chi connectivity index (χ4v) is 4.65. The molecule has 0 radical (unpaired) electrons. The van der Waals surface area contributed by atoms with Crippen LogP contribution in [0.2, 0.25) is 0 Å². The van der Waals surface area contributed by atoms with E-state index in [9.17, 15) is 19.2 Å². The highest BCUT2D eigenvalue weighted by atomic mass is 32.1. The van der Waals surface area contributed by atoms with Gasteiger partial charge < -0.3 is 15.4 Å². The van der Waals surface area contributed by atoms with Crippen LogP contribution in [0.4, 0.5) is 4.79 Å². The molecule has 2 aromatic rings. The molecule has 1 aromatic carbocycles. The normalized spacial score (nSPS) is 17.8. The molecule has 182 valence electrons. The van der Waals surface area contributed by atoms with Crippen LogP contribution in [0.1, 0.15) is 49.2 Å². The maximum atomic E-state index is 13.2. The van der Waals surface area contributed by atoms with Gasteiger partial charge in [-0.05, 0) is 48.3 Å². The highest BCUT2D eigenvalue weighted by Gasteiger charge is 2.33. The van der Waals surface area contributed by atoms with E-state index in [1.807, 2.05) is 50.2 Å². The number of amides is 2. The standard InChI is InChI=1S/C25H31N3O5S/c1-16(2)22(27-25(32)33-15-17-8-4-3-5-9-17)21(29)13-18-12-19-14-20(34-28-19)10-6-7-11-26-24(31)23(18)30/h3-5,8-9,14,16,18,22H,6-7,10-13,15H2,1-2H3,(H,26,31)(H,27,32). The van der Waals surface area contributed by atoms with Crippen molar-refractivity contribution in [1.82, 2.24) is 15.0 Å². The number of nitrogens with zero attached hydrogens (tertiary/aromatic N) is 1. The molecule has 3 rings (SSSR count). The van der Waals surface area contributed by atoms with Gasteiger partial charge >= 0.3 is 6.09 Å². The van der Waals surface area contributed by atoms with E-state index < -0.39 is 29.7 Å². The molecular formula is C25H31N3O5S. The summed E-state index contributed by atoms with van der Waals surface area (Å²) in [5.41, 5.74) is 1.54. The van der Waals surface area contributed by atoms with Gasteiger partial charge in [0.2, 0.25) is 5.78 Å². The van der Waals surface area contributed by atoms with Crippen molar-refractivity contribution in [3.05, 3.63) is 52.5 Å². The molecule has 2 bridgehead atoms. The molecule has 0 saturated heterocycles. The number of nitrogens with one attached hydrogen (secondary N) is 2. The summed E-state index contributed by atoms with van der Waals surface area (Å²) >= 11 is 1.39. The Balaban J connectivity index is 1.67. The first-order valence-electron chi connectivity index (χ1n) is 11.6. The summed E-state index contributed by atoms with van der Waals surface area (Å²) in [6.45, 7) is 4.12. The molecule has 0 aliphatic carbocycles. The van der Waals surface area contributed by atoms with E-state index in [0.717, 1.165) is 29.7 Å². The first-order valence-corrected chi connectivity index (χ1v) is 12.4. The highest BCUT2D eigenvalue weighted by Crippen LogP contribution is 2.21. The second-order valence-corrected chi connectivity index (χ2v) is 9.75. The third kappa shape index (κ3) is 7.48. The molecule has 34 heavy (non-hydrogen) atoms. The lowest BCUT2D eigenvalue weighted by Crippen LogP contribution is -2.46. The number of carbonyl (C=O) groups excluding carboxylic acids is 4. The Hall–Kier alpha value is -3.07. The van der Waals surface area contributed by atoms with Crippen molar-refractivity contribution in [2.45, 2.75) is 58.6 Å². The number of benzene rings is 1. The number of hydrogen-bond acceptors (Lipinski definition) is 7. The van der Waals surface area contributed by atoms with E-state index >= 15 is 0 Å². The summed E-state index contributed by atoms with van der Waals surface area (Å²) in [6.07, 6.45) is 1.87. The van der Waals surface area contributed by atoms with E-state index in [2.05, 4.69) is 15.0 Å². The van der Waals surface area contributed by atoms with Crippen molar-refractivity contribution in [2.24, 2.45) is 11.8 Å². The van der Waals surface area contributed by atoms with Gasteiger partial charge in [-0.3, -0.25) is 14.4 Å². The molecule has 0 saturated carbocycles. The Bertz CT molecular complexity index is 1000. The van der Waals surface area contributed by atoms with Crippen molar-refractivity contribution in [3.8, 4) is 0 Å². The van der Waals surface area contributed by atoms with E-state index in [4.69, 9.17) is 4.74 Å². The SMILES string of the molecule is CC(C)C(NC(=O)OCc1ccccc1)C(=O)CC1Cc2cc(sn2)CCCCNC(=O)C1=O. The number of carbonyl (C=O) groups is 4. The Labute approximate surface area is 203 Å². The zero-order valence-electron chi connectivity index (χ0n) is 19.5. The lowest BCUT2D eigenvalue weighted by molar-refractivity contribution is -0.141. The van der Waals surface area contributed by atoms with Gasteiger partial charge in [0.25, 0.3) is 5.91 Å². The topological polar surface area (TPSA) is 114 Å². The summed E-state index contributed by atoms with van der Waals surface area (Å²) in [5.74, 6) is -2.69. The average Bonchev–Trinajstić information content (AvgIpc) is 3.27. The number of alkyl carbamates (subject to hydrolysis) is 1. The predicted molar refractivity (Wildman–Crippen MR) is 128 cm³/mol. The van der Waals surface area contributed by atoms with Gasteiger partial charge in [0.15, 0.2) is 5.78 Å². The molecule has 2 unspecified atom stereocenters. The van der Waals surface area contributed by atoms with Gasteiger partial charge in [0.05, 0.1) is 11.7 Å². The number of rotatable bonds is 7. The number of aryl methyl sites for hydroxylation is 1. The molecule has 0 fully saturated rings. The maximum absolute atomic E-state index is 13.2. The lowest BCUT2D eigenvalue weighted by atomic mass is 9.87. The van der Waals surface area contributed by atoms with Crippen LogP contribution < -0.4 is 10.6 Å². The minimum Gasteiger partial charge on any atom is -0.445 e. The molecule has 2 N–H and O–H groups in total.